The number of benzene rings is 1. The number of fused-ring (bicyclic) bond motifs is 1. The number of furan rings is 1. The first-order chi connectivity index (χ1) is 11.6. The molecule has 0 aliphatic carbocycles. The van der Waals surface area contributed by atoms with Gasteiger partial charge in [-0.05, 0) is 42.1 Å². The van der Waals surface area contributed by atoms with E-state index in [-0.39, 0.29) is 11.4 Å². The lowest BCUT2D eigenvalue weighted by Crippen LogP contribution is -2.35. The molecule has 0 fully saturated rings. The second kappa shape index (κ2) is 5.88. The molecule has 0 unspecified atom stereocenters. The first-order valence-corrected chi connectivity index (χ1v) is 8.58. The lowest BCUT2D eigenvalue weighted by atomic mass is 10.1. The molecular weight excluding hydrogens is 392 g/mol. The minimum absolute atomic E-state index is 0.00663. The van der Waals surface area contributed by atoms with Crippen LogP contribution in [0.25, 0.3) is 17.4 Å². The molecule has 8 heteroatoms. The molecule has 1 aromatic carbocycles. The van der Waals surface area contributed by atoms with Gasteiger partial charge in [0, 0.05) is 10.0 Å². The normalized spacial score (nSPS) is 18.3. The van der Waals surface area contributed by atoms with Gasteiger partial charge in [-0.15, -0.1) is 0 Å². The number of aliphatic imine (C=N–C) groups is 1. The van der Waals surface area contributed by atoms with Crippen LogP contribution >= 0.6 is 27.7 Å². The molecule has 6 nitrogen and oxygen atoms in total. The highest BCUT2D eigenvalue weighted by molar-refractivity contribution is 9.10. The zero-order chi connectivity index (χ0) is 16.7. The van der Waals surface area contributed by atoms with Gasteiger partial charge in [0.05, 0.1) is 11.1 Å². The number of nitrogens with one attached hydrogen (secondary N) is 1. The Kier molecular flexibility index (Phi) is 3.70. The van der Waals surface area contributed by atoms with Crippen molar-refractivity contribution in [3.63, 3.8) is 0 Å². The van der Waals surface area contributed by atoms with E-state index in [4.69, 9.17) is 9.83 Å². The zero-order valence-electron chi connectivity index (χ0n) is 12.1. The molecule has 1 amide bonds. The van der Waals surface area contributed by atoms with Crippen LogP contribution in [0, 0.1) is 5.41 Å². The number of rotatable bonds is 2. The molecule has 2 aromatic rings. The van der Waals surface area contributed by atoms with E-state index in [2.05, 4.69) is 26.0 Å². The average molecular weight is 401 g/mol. The van der Waals surface area contributed by atoms with Gasteiger partial charge in [0.15, 0.2) is 11.0 Å². The molecule has 24 heavy (non-hydrogen) atoms. The van der Waals surface area contributed by atoms with Crippen molar-refractivity contribution in [3.8, 4) is 11.3 Å². The zero-order valence-corrected chi connectivity index (χ0v) is 14.5. The summed E-state index contributed by atoms with van der Waals surface area (Å²) in [6.45, 7) is 0. The van der Waals surface area contributed by atoms with Crippen molar-refractivity contribution >= 4 is 56.2 Å². The summed E-state index contributed by atoms with van der Waals surface area (Å²) in [5.41, 5.74) is 2.62. The Morgan fingerprint density at radius 2 is 2.00 bits per heavy atom. The summed E-state index contributed by atoms with van der Waals surface area (Å²) >= 11 is 4.61. The minimum Gasteiger partial charge on any atom is -0.457 e. The molecule has 0 bridgehead atoms. The number of hydrogen-bond donors (Lipinski definition) is 1. The Labute approximate surface area is 149 Å². The van der Waals surface area contributed by atoms with Crippen LogP contribution in [0.5, 0.6) is 0 Å². The van der Waals surface area contributed by atoms with Crippen molar-refractivity contribution in [2.45, 2.75) is 0 Å². The number of thioether (sulfide) groups is 1. The number of carbonyl (C=O) groups excluding carboxylic acids is 1. The Morgan fingerprint density at radius 1 is 1.21 bits per heavy atom. The van der Waals surface area contributed by atoms with E-state index in [9.17, 15) is 4.79 Å². The highest BCUT2D eigenvalue weighted by Crippen LogP contribution is 2.28. The van der Waals surface area contributed by atoms with Crippen LogP contribution in [0.3, 0.4) is 0 Å². The quantitative estimate of drug-likeness (QED) is 0.773. The number of carbonyl (C=O) groups is 1. The van der Waals surface area contributed by atoms with Gasteiger partial charge in [-0.1, -0.05) is 28.1 Å². The van der Waals surface area contributed by atoms with Crippen molar-refractivity contribution in [2.24, 2.45) is 10.1 Å². The van der Waals surface area contributed by atoms with Crippen molar-refractivity contribution in [2.75, 3.05) is 0 Å². The Hall–Kier alpha value is -2.45. The van der Waals surface area contributed by atoms with Crippen LogP contribution in [0.4, 0.5) is 0 Å². The maximum absolute atomic E-state index is 12.1. The van der Waals surface area contributed by atoms with Crippen molar-refractivity contribution in [1.82, 2.24) is 5.01 Å². The fourth-order valence-electron chi connectivity index (χ4n) is 2.28. The van der Waals surface area contributed by atoms with E-state index >= 15 is 0 Å². The molecule has 3 heterocycles. The van der Waals surface area contributed by atoms with E-state index in [0.29, 0.717) is 16.7 Å². The van der Waals surface area contributed by atoms with Crippen molar-refractivity contribution < 1.29 is 9.21 Å². The Morgan fingerprint density at radius 3 is 2.79 bits per heavy atom. The Balaban J connectivity index is 1.67. The molecule has 0 saturated carbocycles. The molecule has 118 valence electrons. The second-order valence-corrected chi connectivity index (χ2v) is 6.69. The van der Waals surface area contributed by atoms with Crippen LogP contribution in [0.15, 0.2) is 61.0 Å². The van der Waals surface area contributed by atoms with Gasteiger partial charge in [0.25, 0.3) is 5.91 Å². The average Bonchev–Trinajstić information content (AvgIpc) is 3.21. The van der Waals surface area contributed by atoms with Crippen molar-refractivity contribution in [3.05, 3.63) is 52.2 Å². The van der Waals surface area contributed by atoms with Gasteiger partial charge in [0.1, 0.15) is 11.5 Å². The third-order valence-electron chi connectivity index (χ3n) is 3.44. The monoisotopic (exact) mass is 400 g/mol. The molecule has 1 N–H and O–H groups in total. The van der Waals surface area contributed by atoms with Crippen LogP contribution in [-0.4, -0.2) is 27.5 Å². The van der Waals surface area contributed by atoms with Gasteiger partial charge in [-0.25, -0.2) is 0 Å². The number of hydrazone groups is 1. The first-order valence-electron chi connectivity index (χ1n) is 6.90. The summed E-state index contributed by atoms with van der Waals surface area (Å²) in [5, 5.41) is 13.9. The van der Waals surface area contributed by atoms with E-state index in [1.165, 1.54) is 22.8 Å². The first kappa shape index (κ1) is 15.1. The summed E-state index contributed by atoms with van der Waals surface area (Å²) in [6.07, 6.45) is 1.52. The SMILES string of the molecule is N=C1C(=Cc2ccc(-c3ccc(Br)cc3)o2)C(=O)N=C2SC=NN12. The lowest BCUT2D eigenvalue weighted by Gasteiger charge is -2.19. The van der Waals surface area contributed by atoms with Crippen LogP contribution in [0.1, 0.15) is 5.76 Å². The highest BCUT2D eigenvalue weighted by Gasteiger charge is 2.32. The maximum Gasteiger partial charge on any atom is 0.283 e. The number of hydrogen-bond acceptors (Lipinski definition) is 5. The minimum atomic E-state index is -0.467. The molecular formula is C16H9BrN4O2S. The Bertz CT molecular complexity index is 943. The molecule has 0 spiro atoms. The van der Waals surface area contributed by atoms with Crippen molar-refractivity contribution in [1.29, 1.82) is 5.41 Å². The number of amidine groups is 2. The van der Waals surface area contributed by atoms with Gasteiger partial charge in [-0.2, -0.15) is 15.1 Å². The second-order valence-electron chi connectivity index (χ2n) is 4.97. The summed E-state index contributed by atoms with van der Waals surface area (Å²) < 4.78 is 6.75. The summed E-state index contributed by atoms with van der Waals surface area (Å²) in [5.74, 6) is 0.692. The van der Waals surface area contributed by atoms with Gasteiger partial charge in [0.2, 0.25) is 0 Å². The van der Waals surface area contributed by atoms with Gasteiger partial charge < -0.3 is 4.42 Å². The largest absolute Gasteiger partial charge is 0.457 e. The lowest BCUT2D eigenvalue weighted by molar-refractivity contribution is -0.114. The van der Waals surface area contributed by atoms with Gasteiger partial charge >= 0.3 is 0 Å². The molecule has 0 saturated heterocycles. The van der Waals surface area contributed by atoms with E-state index in [0.717, 1.165) is 10.0 Å². The topological polar surface area (TPSA) is 82.0 Å². The maximum atomic E-state index is 12.1. The van der Waals surface area contributed by atoms with Crippen LogP contribution in [0.2, 0.25) is 0 Å². The fraction of sp³-hybridized carbons (Fsp3) is 0. The number of nitrogens with zero attached hydrogens (tertiary/aromatic N) is 3. The molecule has 4 rings (SSSR count). The summed E-state index contributed by atoms with van der Waals surface area (Å²) in [7, 11) is 0. The molecule has 1 aromatic heterocycles. The standard InChI is InChI=1S/C16H9BrN4O2S/c17-10-3-1-9(2-4-10)13-6-5-11(23-13)7-12-14(18)21-16(20-15(12)22)24-8-19-21/h1-8,18H. The molecule has 0 radical (unpaired) electrons. The van der Waals surface area contributed by atoms with E-state index < -0.39 is 5.91 Å². The third kappa shape index (κ3) is 2.63. The molecule has 2 aliphatic heterocycles. The highest BCUT2D eigenvalue weighted by atomic mass is 79.9. The molecule has 2 aliphatic rings. The van der Waals surface area contributed by atoms with E-state index in [1.54, 1.807) is 11.6 Å². The summed E-state index contributed by atoms with van der Waals surface area (Å²) in [4.78, 5) is 16.1. The third-order valence-corrected chi connectivity index (χ3v) is 4.64. The fourth-order valence-corrected chi connectivity index (χ4v) is 3.15. The van der Waals surface area contributed by atoms with Crippen LogP contribution in [-0.2, 0) is 4.79 Å². The molecule has 0 atom stereocenters. The van der Waals surface area contributed by atoms with E-state index in [1.807, 2.05) is 30.3 Å². The number of amides is 1. The van der Waals surface area contributed by atoms with Gasteiger partial charge in [-0.3, -0.25) is 10.2 Å². The predicted octanol–water partition coefficient (Wildman–Crippen LogP) is 3.96. The number of halogens is 1. The summed E-state index contributed by atoms with van der Waals surface area (Å²) in [6, 6.07) is 11.3. The predicted molar refractivity (Wildman–Crippen MR) is 97.9 cm³/mol. The smallest absolute Gasteiger partial charge is 0.283 e. The van der Waals surface area contributed by atoms with Crippen LogP contribution < -0.4 is 0 Å².